The van der Waals surface area contributed by atoms with Crippen molar-refractivity contribution in [2.75, 3.05) is 0 Å². The molecule has 0 bridgehead atoms. The molecule has 0 saturated heterocycles. The van der Waals surface area contributed by atoms with Gasteiger partial charge in [0, 0.05) is 6.42 Å². The Bertz CT molecular complexity index is 590. The molecule has 0 unspecified atom stereocenters. The van der Waals surface area contributed by atoms with Gasteiger partial charge in [0.2, 0.25) is 5.89 Å². The Labute approximate surface area is 106 Å². The molecule has 2 aromatic heterocycles. The lowest BCUT2D eigenvalue weighted by atomic mass is 10.4. The number of nitrogens with zero attached hydrogens (tertiary/aromatic N) is 4. The molecule has 0 N–H and O–H groups in total. The van der Waals surface area contributed by atoms with Crippen LogP contribution < -0.4 is 5.56 Å². The Kier molecular flexibility index (Phi) is 3.37. The van der Waals surface area contributed by atoms with Crippen LogP contribution in [-0.4, -0.2) is 19.7 Å². The Morgan fingerprint density at radius 2 is 2.29 bits per heavy atom. The third kappa shape index (κ3) is 2.44. The first-order valence-corrected chi connectivity index (χ1v) is 5.94. The summed E-state index contributed by atoms with van der Waals surface area (Å²) in [7, 11) is 0. The van der Waals surface area contributed by atoms with Gasteiger partial charge in [0.05, 0.1) is 18.6 Å². The molecule has 0 aliphatic heterocycles. The third-order valence-corrected chi connectivity index (χ3v) is 3.19. The summed E-state index contributed by atoms with van der Waals surface area (Å²) in [5.74, 6) is 1.04. The van der Waals surface area contributed by atoms with E-state index in [1.807, 2.05) is 6.92 Å². The highest BCUT2D eigenvalue weighted by Gasteiger charge is 2.09. The fraction of sp³-hybridized carbons (Fsp3) is 0.400. The summed E-state index contributed by atoms with van der Waals surface area (Å²) in [5.41, 5.74) is 0.508. The summed E-state index contributed by atoms with van der Waals surface area (Å²) in [6.45, 7) is 3.95. The Hall–Kier alpha value is -1.50. The molecule has 0 saturated carbocycles. The molecule has 2 heterocycles. The minimum atomic E-state index is -0.152. The topological polar surface area (TPSA) is 73.8 Å². The van der Waals surface area contributed by atoms with Crippen molar-refractivity contribution in [3.8, 4) is 0 Å². The second-order valence-corrected chi connectivity index (χ2v) is 4.33. The van der Waals surface area contributed by atoms with E-state index in [9.17, 15) is 4.79 Å². The van der Waals surface area contributed by atoms with E-state index in [0.29, 0.717) is 28.3 Å². The molecule has 7 heteroatoms. The summed E-state index contributed by atoms with van der Waals surface area (Å²) >= 11 is 3.20. The van der Waals surface area contributed by atoms with Crippen LogP contribution >= 0.6 is 15.9 Å². The predicted octanol–water partition coefficient (Wildman–Crippen LogP) is 1.31. The van der Waals surface area contributed by atoms with E-state index in [1.54, 1.807) is 6.92 Å². The van der Waals surface area contributed by atoms with Crippen molar-refractivity contribution in [2.45, 2.75) is 26.8 Å². The van der Waals surface area contributed by atoms with Crippen molar-refractivity contribution in [3.05, 3.63) is 38.6 Å². The van der Waals surface area contributed by atoms with E-state index >= 15 is 0 Å². The molecule has 0 radical (unpaired) electrons. The lowest BCUT2D eigenvalue weighted by Gasteiger charge is -2.03. The summed E-state index contributed by atoms with van der Waals surface area (Å²) in [5, 5.41) is 3.79. The van der Waals surface area contributed by atoms with Gasteiger partial charge in [-0.15, -0.1) is 0 Å². The highest BCUT2D eigenvalue weighted by Crippen LogP contribution is 2.07. The van der Waals surface area contributed by atoms with Gasteiger partial charge in [-0.2, -0.15) is 4.98 Å². The number of aromatic nitrogens is 4. The van der Waals surface area contributed by atoms with Gasteiger partial charge in [-0.3, -0.25) is 9.36 Å². The molecular formula is C10H11BrN4O2. The van der Waals surface area contributed by atoms with E-state index in [4.69, 9.17) is 4.52 Å². The van der Waals surface area contributed by atoms with Gasteiger partial charge in [0.25, 0.3) is 5.56 Å². The average molecular weight is 299 g/mol. The van der Waals surface area contributed by atoms with Gasteiger partial charge in [-0.05, 0) is 22.9 Å². The van der Waals surface area contributed by atoms with Crippen LogP contribution in [0.25, 0.3) is 0 Å². The SMILES string of the molecule is CCc1nc(Cn2cnc(C)c(Br)c2=O)no1. The van der Waals surface area contributed by atoms with Gasteiger partial charge in [-0.1, -0.05) is 12.1 Å². The first-order chi connectivity index (χ1) is 8.11. The van der Waals surface area contributed by atoms with Crippen LogP contribution in [0, 0.1) is 6.92 Å². The van der Waals surface area contributed by atoms with Crippen LogP contribution in [0.2, 0.25) is 0 Å². The Morgan fingerprint density at radius 1 is 1.53 bits per heavy atom. The fourth-order valence-electron chi connectivity index (χ4n) is 1.31. The number of hydrogen-bond donors (Lipinski definition) is 0. The summed E-state index contributed by atoms with van der Waals surface area (Å²) in [6.07, 6.45) is 2.15. The van der Waals surface area contributed by atoms with Crippen molar-refractivity contribution >= 4 is 15.9 Å². The first-order valence-electron chi connectivity index (χ1n) is 5.14. The van der Waals surface area contributed by atoms with Gasteiger partial charge in [0.15, 0.2) is 5.82 Å². The zero-order valence-electron chi connectivity index (χ0n) is 9.47. The van der Waals surface area contributed by atoms with Gasteiger partial charge >= 0.3 is 0 Å². The van der Waals surface area contributed by atoms with Gasteiger partial charge in [-0.25, -0.2) is 4.98 Å². The summed E-state index contributed by atoms with van der Waals surface area (Å²) < 4.78 is 6.86. The molecule has 0 amide bonds. The van der Waals surface area contributed by atoms with Crippen LogP contribution in [0.15, 0.2) is 20.1 Å². The third-order valence-electron chi connectivity index (χ3n) is 2.28. The van der Waals surface area contributed by atoms with Crippen LogP contribution in [0.3, 0.4) is 0 Å². The largest absolute Gasteiger partial charge is 0.339 e. The van der Waals surface area contributed by atoms with E-state index < -0.39 is 0 Å². The van der Waals surface area contributed by atoms with Crippen LogP contribution in [0.4, 0.5) is 0 Å². The van der Waals surface area contributed by atoms with Crippen molar-refractivity contribution in [1.82, 2.24) is 19.7 Å². The smallest absolute Gasteiger partial charge is 0.268 e. The Morgan fingerprint density at radius 3 is 2.94 bits per heavy atom. The number of hydrogen-bond acceptors (Lipinski definition) is 5. The van der Waals surface area contributed by atoms with Crippen LogP contribution in [0.5, 0.6) is 0 Å². The number of aryl methyl sites for hydroxylation is 2. The minimum Gasteiger partial charge on any atom is -0.339 e. The molecule has 0 aliphatic rings. The van der Waals surface area contributed by atoms with E-state index in [0.717, 1.165) is 0 Å². The normalized spacial score (nSPS) is 10.8. The quantitative estimate of drug-likeness (QED) is 0.854. The second kappa shape index (κ2) is 4.79. The molecule has 0 spiro atoms. The van der Waals surface area contributed by atoms with Gasteiger partial charge in [0.1, 0.15) is 4.47 Å². The molecule has 0 atom stereocenters. The summed E-state index contributed by atoms with van der Waals surface area (Å²) in [4.78, 5) is 20.1. The molecule has 90 valence electrons. The molecule has 2 rings (SSSR count). The van der Waals surface area contributed by atoms with E-state index in [-0.39, 0.29) is 12.1 Å². The number of halogens is 1. The molecule has 0 aromatic carbocycles. The molecule has 0 aliphatic carbocycles. The fourth-order valence-corrected chi connectivity index (χ4v) is 1.64. The molecule has 0 fully saturated rings. The maximum Gasteiger partial charge on any atom is 0.268 e. The molecular weight excluding hydrogens is 288 g/mol. The zero-order valence-corrected chi connectivity index (χ0v) is 11.1. The standard InChI is InChI=1S/C10H11BrN4O2/c1-3-8-13-7(14-17-8)4-15-5-12-6(2)9(11)10(15)16/h5H,3-4H2,1-2H3. The summed E-state index contributed by atoms with van der Waals surface area (Å²) in [6, 6.07) is 0. The predicted molar refractivity (Wildman–Crippen MR) is 63.7 cm³/mol. The zero-order chi connectivity index (χ0) is 12.4. The molecule has 2 aromatic rings. The van der Waals surface area contributed by atoms with Crippen LogP contribution in [-0.2, 0) is 13.0 Å². The molecule has 17 heavy (non-hydrogen) atoms. The highest BCUT2D eigenvalue weighted by molar-refractivity contribution is 9.10. The van der Waals surface area contributed by atoms with Crippen molar-refractivity contribution in [1.29, 1.82) is 0 Å². The van der Waals surface area contributed by atoms with Gasteiger partial charge < -0.3 is 4.52 Å². The number of rotatable bonds is 3. The molecule has 6 nitrogen and oxygen atoms in total. The minimum absolute atomic E-state index is 0.152. The monoisotopic (exact) mass is 298 g/mol. The van der Waals surface area contributed by atoms with Crippen molar-refractivity contribution in [3.63, 3.8) is 0 Å². The highest BCUT2D eigenvalue weighted by atomic mass is 79.9. The average Bonchev–Trinajstić information content (AvgIpc) is 2.78. The second-order valence-electron chi connectivity index (χ2n) is 3.53. The maximum atomic E-state index is 11.9. The Balaban J connectivity index is 2.30. The lowest BCUT2D eigenvalue weighted by Crippen LogP contribution is -2.23. The van der Waals surface area contributed by atoms with Crippen molar-refractivity contribution < 1.29 is 4.52 Å². The maximum absolute atomic E-state index is 11.9. The lowest BCUT2D eigenvalue weighted by molar-refractivity contribution is 0.375. The van der Waals surface area contributed by atoms with Crippen molar-refractivity contribution in [2.24, 2.45) is 0 Å². The van der Waals surface area contributed by atoms with Crippen LogP contribution in [0.1, 0.15) is 24.3 Å². The first kappa shape index (κ1) is 12.0. The van der Waals surface area contributed by atoms with E-state index in [2.05, 4.69) is 31.1 Å². The van der Waals surface area contributed by atoms with E-state index in [1.165, 1.54) is 10.9 Å².